The first-order valence-electron chi connectivity index (χ1n) is 5.29. The molecule has 0 saturated carbocycles. The lowest BCUT2D eigenvalue weighted by Gasteiger charge is -2.09. The van der Waals surface area contributed by atoms with Crippen LogP contribution < -0.4 is 11.1 Å². The molecule has 0 fully saturated rings. The highest BCUT2D eigenvalue weighted by Crippen LogP contribution is 2.24. The molecule has 0 aromatic heterocycles. The van der Waals surface area contributed by atoms with E-state index in [1.165, 1.54) is 18.2 Å². The van der Waals surface area contributed by atoms with Gasteiger partial charge in [-0.1, -0.05) is 6.07 Å². The van der Waals surface area contributed by atoms with Crippen molar-refractivity contribution in [3.63, 3.8) is 0 Å². The Kier molecular flexibility index (Phi) is 3.41. The maximum absolute atomic E-state index is 13.5. The Hall–Kier alpha value is -2.50. The molecule has 3 nitrogen and oxygen atoms in total. The number of carbonyl (C=O) groups is 1. The fraction of sp³-hybridized carbons (Fsp3) is 0. The summed E-state index contributed by atoms with van der Waals surface area (Å²) in [6.07, 6.45) is 0. The highest BCUT2D eigenvalue weighted by atomic mass is 19.1. The fourth-order valence-electron chi connectivity index (χ4n) is 1.54. The zero-order valence-electron chi connectivity index (χ0n) is 9.58. The molecule has 0 atom stereocenters. The second-order valence-corrected chi connectivity index (χ2v) is 3.82. The van der Waals surface area contributed by atoms with Gasteiger partial charge in [-0.3, -0.25) is 4.79 Å². The molecule has 0 radical (unpaired) electrons. The van der Waals surface area contributed by atoms with E-state index in [2.05, 4.69) is 5.32 Å². The summed E-state index contributed by atoms with van der Waals surface area (Å²) in [6, 6.07) is 6.34. The third kappa shape index (κ3) is 2.85. The molecule has 0 aliphatic rings. The van der Waals surface area contributed by atoms with Gasteiger partial charge in [0.15, 0.2) is 5.82 Å². The van der Waals surface area contributed by atoms with Gasteiger partial charge in [0.05, 0.1) is 5.69 Å². The van der Waals surface area contributed by atoms with Gasteiger partial charge in [0.2, 0.25) is 0 Å². The summed E-state index contributed by atoms with van der Waals surface area (Å²) < 4.78 is 39.2. The zero-order chi connectivity index (χ0) is 14.0. The van der Waals surface area contributed by atoms with Crippen LogP contribution in [-0.4, -0.2) is 5.91 Å². The van der Waals surface area contributed by atoms with E-state index in [1.807, 2.05) is 0 Å². The van der Waals surface area contributed by atoms with E-state index in [-0.39, 0.29) is 16.9 Å². The Balaban J connectivity index is 2.29. The van der Waals surface area contributed by atoms with Crippen LogP contribution in [0.2, 0.25) is 0 Å². The summed E-state index contributed by atoms with van der Waals surface area (Å²) in [5, 5.41) is 2.18. The van der Waals surface area contributed by atoms with E-state index < -0.39 is 23.4 Å². The van der Waals surface area contributed by atoms with Gasteiger partial charge in [-0.25, -0.2) is 13.2 Å². The smallest absolute Gasteiger partial charge is 0.255 e. The first kappa shape index (κ1) is 12.9. The minimum Gasteiger partial charge on any atom is -0.397 e. The summed E-state index contributed by atoms with van der Waals surface area (Å²) in [4.78, 5) is 11.8. The topological polar surface area (TPSA) is 55.1 Å². The van der Waals surface area contributed by atoms with E-state index >= 15 is 0 Å². The number of halogens is 3. The number of hydrogen-bond acceptors (Lipinski definition) is 2. The average Bonchev–Trinajstić information content (AvgIpc) is 2.33. The van der Waals surface area contributed by atoms with Gasteiger partial charge < -0.3 is 11.1 Å². The van der Waals surface area contributed by atoms with Crippen molar-refractivity contribution in [3.8, 4) is 0 Å². The van der Waals surface area contributed by atoms with Crippen molar-refractivity contribution >= 4 is 17.3 Å². The predicted molar refractivity (Wildman–Crippen MR) is 65.1 cm³/mol. The molecular weight excluding hydrogens is 257 g/mol. The number of rotatable bonds is 2. The predicted octanol–water partition coefficient (Wildman–Crippen LogP) is 2.94. The van der Waals surface area contributed by atoms with Crippen molar-refractivity contribution in [1.29, 1.82) is 0 Å². The number of hydrogen-bond donors (Lipinski definition) is 2. The van der Waals surface area contributed by atoms with Crippen molar-refractivity contribution < 1.29 is 18.0 Å². The largest absolute Gasteiger partial charge is 0.397 e. The number of anilines is 2. The molecule has 0 unspecified atom stereocenters. The molecule has 98 valence electrons. The van der Waals surface area contributed by atoms with E-state index in [1.54, 1.807) is 0 Å². The second-order valence-electron chi connectivity index (χ2n) is 3.82. The first-order valence-corrected chi connectivity index (χ1v) is 5.29. The standard InChI is InChI=1S/C13H9F3N2O/c14-8-3-1-2-7(4-8)13(19)18-12-10(16)5-9(15)6-11(12)17/h1-6H,17H2,(H,18,19). The van der Waals surface area contributed by atoms with E-state index in [9.17, 15) is 18.0 Å². The van der Waals surface area contributed by atoms with Gasteiger partial charge in [-0.15, -0.1) is 0 Å². The molecule has 6 heteroatoms. The molecule has 2 rings (SSSR count). The van der Waals surface area contributed by atoms with Crippen molar-refractivity contribution in [2.45, 2.75) is 0 Å². The summed E-state index contributed by atoms with van der Waals surface area (Å²) in [7, 11) is 0. The highest BCUT2D eigenvalue weighted by molar-refractivity contribution is 6.05. The van der Waals surface area contributed by atoms with E-state index in [4.69, 9.17) is 5.73 Å². The maximum atomic E-state index is 13.5. The number of carbonyl (C=O) groups excluding carboxylic acids is 1. The van der Waals surface area contributed by atoms with Crippen LogP contribution in [0.25, 0.3) is 0 Å². The van der Waals surface area contributed by atoms with Crippen LogP contribution in [0.1, 0.15) is 10.4 Å². The minimum atomic E-state index is -0.998. The molecule has 2 aromatic rings. The van der Waals surface area contributed by atoms with Crippen LogP contribution in [0.3, 0.4) is 0 Å². The first-order chi connectivity index (χ1) is 8.97. The molecule has 2 aromatic carbocycles. The normalized spacial score (nSPS) is 10.3. The SMILES string of the molecule is Nc1cc(F)cc(F)c1NC(=O)c1cccc(F)c1. The lowest BCUT2D eigenvalue weighted by atomic mass is 10.2. The molecule has 0 aliphatic carbocycles. The van der Waals surface area contributed by atoms with Gasteiger partial charge in [0, 0.05) is 11.6 Å². The van der Waals surface area contributed by atoms with Gasteiger partial charge in [-0.05, 0) is 24.3 Å². The molecule has 0 aliphatic heterocycles. The van der Waals surface area contributed by atoms with Gasteiger partial charge in [-0.2, -0.15) is 0 Å². The Labute approximate surface area is 106 Å². The number of benzene rings is 2. The molecule has 0 heterocycles. The summed E-state index contributed by atoms with van der Waals surface area (Å²) in [6.45, 7) is 0. The van der Waals surface area contributed by atoms with Crippen LogP contribution in [0.5, 0.6) is 0 Å². The Bertz CT molecular complexity index is 621. The Morgan fingerprint density at radius 3 is 2.42 bits per heavy atom. The van der Waals surface area contributed by atoms with E-state index in [0.717, 1.165) is 12.1 Å². The molecule has 19 heavy (non-hydrogen) atoms. The summed E-state index contributed by atoms with van der Waals surface area (Å²) in [5.74, 6) is -3.18. The van der Waals surface area contributed by atoms with Crippen LogP contribution >= 0.6 is 0 Å². The third-order valence-electron chi connectivity index (χ3n) is 2.41. The van der Waals surface area contributed by atoms with Crippen molar-refractivity contribution in [2.24, 2.45) is 0 Å². The lowest BCUT2D eigenvalue weighted by molar-refractivity contribution is 0.102. The number of nitrogens with two attached hydrogens (primary N) is 1. The van der Waals surface area contributed by atoms with Crippen LogP contribution in [0, 0.1) is 17.5 Å². The van der Waals surface area contributed by atoms with Gasteiger partial charge in [0.1, 0.15) is 17.3 Å². The van der Waals surface area contributed by atoms with Crippen LogP contribution in [0.4, 0.5) is 24.5 Å². The Morgan fingerprint density at radius 1 is 1.05 bits per heavy atom. The molecular formula is C13H9F3N2O. The second kappa shape index (κ2) is 5.01. The summed E-state index contributed by atoms with van der Waals surface area (Å²) in [5.41, 5.74) is 4.83. The number of amides is 1. The number of nitrogens with one attached hydrogen (secondary N) is 1. The highest BCUT2D eigenvalue weighted by Gasteiger charge is 2.14. The van der Waals surface area contributed by atoms with Crippen molar-refractivity contribution in [1.82, 2.24) is 0 Å². The van der Waals surface area contributed by atoms with Gasteiger partial charge in [0.25, 0.3) is 5.91 Å². The summed E-state index contributed by atoms with van der Waals surface area (Å²) >= 11 is 0. The Morgan fingerprint density at radius 2 is 1.79 bits per heavy atom. The lowest BCUT2D eigenvalue weighted by Crippen LogP contribution is -2.15. The molecule has 3 N–H and O–H groups in total. The average molecular weight is 266 g/mol. The quantitative estimate of drug-likeness (QED) is 0.821. The van der Waals surface area contributed by atoms with E-state index in [0.29, 0.717) is 6.07 Å². The van der Waals surface area contributed by atoms with Crippen LogP contribution in [0.15, 0.2) is 36.4 Å². The van der Waals surface area contributed by atoms with Gasteiger partial charge >= 0.3 is 0 Å². The zero-order valence-corrected chi connectivity index (χ0v) is 9.58. The fourth-order valence-corrected chi connectivity index (χ4v) is 1.54. The molecule has 1 amide bonds. The minimum absolute atomic E-state index is 0.00289. The monoisotopic (exact) mass is 266 g/mol. The molecule has 0 saturated heterocycles. The van der Waals surface area contributed by atoms with Crippen LogP contribution in [-0.2, 0) is 0 Å². The molecule has 0 bridgehead atoms. The maximum Gasteiger partial charge on any atom is 0.255 e. The third-order valence-corrected chi connectivity index (χ3v) is 2.41. The molecule has 0 spiro atoms. The van der Waals surface area contributed by atoms with Crippen molar-refractivity contribution in [3.05, 3.63) is 59.4 Å². The van der Waals surface area contributed by atoms with Crippen molar-refractivity contribution in [2.75, 3.05) is 11.1 Å². The number of nitrogen functional groups attached to an aromatic ring is 1.